The molecule has 4 heteroatoms. The highest BCUT2D eigenvalue weighted by molar-refractivity contribution is 9.08. The van der Waals surface area contributed by atoms with E-state index < -0.39 is 0 Å². The summed E-state index contributed by atoms with van der Waals surface area (Å²) >= 11 is 3.32. The minimum absolute atomic E-state index is 1.04. The molecule has 0 aliphatic heterocycles. The van der Waals surface area contributed by atoms with E-state index in [4.69, 9.17) is 0 Å². The Hall–Kier alpha value is -0.900. The number of fused-ring (bicyclic) bond motifs is 1. The third-order valence-corrected chi connectivity index (χ3v) is 1.97. The number of halogens is 1. The molecule has 0 N–H and O–H groups in total. The fraction of sp³-hybridized carbons (Fsp3) is 0. The predicted octanol–water partition coefficient (Wildman–Crippen LogP) is 1.59. The van der Waals surface area contributed by atoms with Gasteiger partial charge in [-0.1, -0.05) is 0 Å². The molecule has 0 aliphatic rings. The second kappa shape index (κ2) is 2.05. The first-order valence-corrected chi connectivity index (χ1v) is 3.53. The van der Waals surface area contributed by atoms with Gasteiger partial charge in [0.25, 0.3) is 0 Å². The Morgan fingerprint density at radius 1 is 1.30 bits per heavy atom. The van der Waals surface area contributed by atoms with Gasteiger partial charge in [-0.05, 0) is 6.07 Å². The molecule has 2 aromatic rings. The lowest BCUT2D eigenvalue weighted by atomic mass is 10.4. The zero-order valence-corrected chi connectivity index (χ0v) is 6.62. The van der Waals surface area contributed by atoms with Gasteiger partial charge >= 0.3 is 0 Å². The van der Waals surface area contributed by atoms with Crippen molar-refractivity contribution < 1.29 is 0 Å². The summed E-state index contributed by atoms with van der Waals surface area (Å²) in [5.41, 5.74) is 1.04. The summed E-state index contributed by atoms with van der Waals surface area (Å²) in [6, 6.07) is 1.97. The number of aromatic nitrogens is 3. The number of hydrogen-bond donors (Lipinski definition) is 0. The van der Waals surface area contributed by atoms with Crippen LogP contribution in [0.15, 0.2) is 24.7 Å². The van der Waals surface area contributed by atoms with E-state index in [1.54, 1.807) is 12.4 Å². The third-order valence-electron chi connectivity index (χ3n) is 1.35. The van der Waals surface area contributed by atoms with E-state index in [1.807, 2.05) is 15.9 Å². The average molecular weight is 198 g/mol. The summed E-state index contributed by atoms with van der Waals surface area (Å²) in [5, 5.41) is 8.58. The Labute approximate surface area is 66.0 Å². The molecule has 3 nitrogen and oxygen atoms in total. The van der Waals surface area contributed by atoms with Crippen molar-refractivity contribution in [2.24, 2.45) is 0 Å². The number of hydrogen-bond acceptors (Lipinski definition) is 2. The van der Waals surface area contributed by atoms with E-state index in [2.05, 4.69) is 26.3 Å². The maximum Gasteiger partial charge on any atom is 0.0809 e. The highest BCUT2D eigenvalue weighted by atomic mass is 79.9. The van der Waals surface area contributed by atoms with E-state index in [9.17, 15) is 0 Å². The van der Waals surface area contributed by atoms with Crippen LogP contribution in [0, 0.1) is 0 Å². The molecule has 0 aromatic carbocycles. The van der Waals surface area contributed by atoms with Crippen molar-refractivity contribution in [1.29, 1.82) is 0 Å². The van der Waals surface area contributed by atoms with Crippen molar-refractivity contribution in [2.45, 2.75) is 0 Å². The molecule has 10 heavy (non-hydrogen) atoms. The molecule has 2 heterocycles. The summed E-state index contributed by atoms with van der Waals surface area (Å²) in [7, 11) is 0. The van der Waals surface area contributed by atoms with Crippen LogP contribution in [0.3, 0.4) is 0 Å². The van der Waals surface area contributed by atoms with Crippen LogP contribution in [0.1, 0.15) is 0 Å². The second-order valence-electron chi connectivity index (χ2n) is 1.96. The number of rotatable bonds is 0. The van der Waals surface area contributed by atoms with Crippen LogP contribution in [0.25, 0.3) is 10.9 Å². The van der Waals surface area contributed by atoms with Gasteiger partial charge in [-0.25, -0.2) is 0 Å². The van der Waals surface area contributed by atoms with Gasteiger partial charge in [-0.15, -0.1) is 0 Å². The summed E-state index contributed by atoms with van der Waals surface area (Å²) < 4.78 is 1.83. The lowest BCUT2D eigenvalue weighted by Gasteiger charge is -1.88. The predicted molar refractivity (Wildman–Crippen MR) is 41.9 cm³/mol. The van der Waals surface area contributed by atoms with Gasteiger partial charge in [0.15, 0.2) is 0 Å². The fourth-order valence-corrected chi connectivity index (χ4v) is 1.27. The van der Waals surface area contributed by atoms with Crippen molar-refractivity contribution in [3.63, 3.8) is 0 Å². The van der Waals surface area contributed by atoms with Gasteiger partial charge in [0.1, 0.15) is 0 Å². The molecule has 0 spiro atoms. The topological polar surface area (TPSA) is 30.7 Å². The summed E-state index contributed by atoms with van der Waals surface area (Å²) in [5.74, 6) is 0. The highest BCUT2D eigenvalue weighted by Gasteiger charge is 1.95. The maximum atomic E-state index is 3.75. The Morgan fingerprint density at radius 2 is 2.10 bits per heavy atom. The molecule has 50 valence electrons. The van der Waals surface area contributed by atoms with E-state index >= 15 is 0 Å². The molecule has 0 bridgehead atoms. The molecule has 0 radical (unpaired) electrons. The normalized spacial score (nSPS) is 10.5. The minimum atomic E-state index is 1.04. The molecule has 0 aliphatic carbocycles. The molecular weight excluding hydrogens is 194 g/mol. The van der Waals surface area contributed by atoms with Gasteiger partial charge in [0, 0.05) is 11.6 Å². The zero-order valence-electron chi connectivity index (χ0n) is 5.03. The molecule has 2 rings (SSSR count). The molecule has 0 amide bonds. The zero-order chi connectivity index (χ0) is 6.97. The van der Waals surface area contributed by atoms with E-state index in [1.165, 1.54) is 0 Å². The lowest BCUT2D eigenvalue weighted by molar-refractivity contribution is 1.05. The smallest absolute Gasteiger partial charge is 0.0809 e. The van der Waals surface area contributed by atoms with Crippen LogP contribution < -0.4 is 0 Å². The summed E-state index contributed by atoms with van der Waals surface area (Å²) in [4.78, 5) is 0. The molecule has 2 aromatic heterocycles. The number of nitrogens with zero attached hydrogens (tertiary/aromatic N) is 3. The quantitative estimate of drug-likeness (QED) is 0.643. The first kappa shape index (κ1) is 5.85. The molecule has 0 fully saturated rings. The summed E-state index contributed by atoms with van der Waals surface area (Å²) in [6.45, 7) is 0. The molecular formula is C6H4BrN3. The van der Waals surface area contributed by atoms with E-state index in [0.717, 1.165) is 10.9 Å². The van der Waals surface area contributed by atoms with Gasteiger partial charge in [-0.3, -0.25) is 3.59 Å². The van der Waals surface area contributed by atoms with Gasteiger partial charge in [0.2, 0.25) is 0 Å². The maximum absolute atomic E-state index is 3.75. The van der Waals surface area contributed by atoms with Gasteiger partial charge < -0.3 is 0 Å². The third kappa shape index (κ3) is 0.724. The molecule has 0 saturated heterocycles. The van der Waals surface area contributed by atoms with Crippen LogP contribution >= 0.6 is 16.1 Å². The first-order chi connectivity index (χ1) is 4.88. The Bertz CT molecular complexity index is 355. The van der Waals surface area contributed by atoms with Crippen LogP contribution in [-0.2, 0) is 0 Å². The largest absolute Gasteiger partial charge is 0.282 e. The van der Waals surface area contributed by atoms with Gasteiger partial charge in [-0.2, -0.15) is 10.2 Å². The average Bonchev–Trinajstić information content (AvgIpc) is 2.34. The lowest BCUT2D eigenvalue weighted by Crippen LogP contribution is -1.79. The SMILES string of the molecule is Brn1ccc2cnncc21. The monoisotopic (exact) mass is 197 g/mol. The minimum Gasteiger partial charge on any atom is -0.282 e. The van der Waals surface area contributed by atoms with Crippen LogP contribution in [0.5, 0.6) is 0 Å². The van der Waals surface area contributed by atoms with Crippen molar-refractivity contribution in [2.75, 3.05) is 0 Å². The van der Waals surface area contributed by atoms with E-state index in [-0.39, 0.29) is 0 Å². The van der Waals surface area contributed by atoms with Crippen molar-refractivity contribution in [1.82, 2.24) is 13.8 Å². The van der Waals surface area contributed by atoms with Crippen LogP contribution in [0.2, 0.25) is 0 Å². The second-order valence-corrected chi connectivity index (χ2v) is 2.72. The van der Waals surface area contributed by atoms with Crippen LogP contribution in [0.4, 0.5) is 0 Å². The van der Waals surface area contributed by atoms with E-state index in [0.29, 0.717) is 0 Å². The Balaban J connectivity index is 2.93. The Morgan fingerprint density at radius 3 is 2.90 bits per heavy atom. The molecule has 0 unspecified atom stereocenters. The van der Waals surface area contributed by atoms with Gasteiger partial charge in [0.05, 0.1) is 34.1 Å². The summed E-state index contributed by atoms with van der Waals surface area (Å²) in [6.07, 6.45) is 5.35. The van der Waals surface area contributed by atoms with Crippen molar-refractivity contribution in [3.8, 4) is 0 Å². The molecule has 0 saturated carbocycles. The molecule has 0 atom stereocenters. The highest BCUT2D eigenvalue weighted by Crippen LogP contribution is 2.13. The Kier molecular flexibility index (Phi) is 1.20. The van der Waals surface area contributed by atoms with Crippen molar-refractivity contribution in [3.05, 3.63) is 24.7 Å². The standard InChI is InChI=1S/C6H4BrN3/c7-10-2-1-5-3-8-9-4-6(5)10/h1-4H. The van der Waals surface area contributed by atoms with Crippen LogP contribution in [-0.4, -0.2) is 13.8 Å². The first-order valence-electron chi connectivity index (χ1n) is 2.82. The fourth-order valence-electron chi connectivity index (χ4n) is 0.857. The van der Waals surface area contributed by atoms with Crippen molar-refractivity contribution >= 4 is 27.1 Å².